The summed E-state index contributed by atoms with van der Waals surface area (Å²) in [5.41, 5.74) is 2.39. The van der Waals surface area contributed by atoms with Gasteiger partial charge in [-0.25, -0.2) is 4.68 Å². The second kappa shape index (κ2) is 9.32. The Morgan fingerprint density at radius 1 is 0.897 bits per heavy atom. The van der Waals surface area contributed by atoms with Crippen molar-refractivity contribution in [1.82, 2.24) is 20.4 Å². The molecule has 148 valence electrons. The van der Waals surface area contributed by atoms with E-state index in [9.17, 15) is 14.4 Å². The van der Waals surface area contributed by atoms with Crippen molar-refractivity contribution in [2.24, 2.45) is 0 Å². The van der Waals surface area contributed by atoms with Crippen LogP contribution in [0.5, 0.6) is 0 Å². The smallest absolute Gasteiger partial charge is 0.309 e. The molecule has 2 aromatic carbocycles. The molecule has 0 unspecified atom stereocenters. The zero-order valence-corrected chi connectivity index (χ0v) is 15.9. The average Bonchev–Trinajstić information content (AvgIpc) is 3.11. The Bertz CT molecular complexity index is 1000. The van der Waals surface area contributed by atoms with Crippen molar-refractivity contribution >= 4 is 23.5 Å². The van der Waals surface area contributed by atoms with Crippen LogP contribution in [0.3, 0.4) is 0 Å². The van der Waals surface area contributed by atoms with Crippen LogP contribution in [0.1, 0.15) is 11.3 Å². The molecule has 3 N–H and O–H groups in total. The Morgan fingerprint density at radius 3 is 2.21 bits per heavy atom. The summed E-state index contributed by atoms with van der Waals surface area (Å²) >= 11 is 0. The monoisotopic (exact) mass is 391 g/mol. The molecule has 0 spiro atoms. The van der Waals surface area contributed by atoms with Gasteiger partial charge in [0.25, 0.3) is 0 Å². The van der Waals surface area contributed by atoms with Crippen LogP contribution >= 0.6 is 0 Å². The summed E-state index contributed by atoms with van der Waals surface area (Å²) < 4.78 is 1.60. The zero-order valence-electron chi connectivity index (χ0n) is 15.9. The maximum Gasteiger partial charge on any atom is 0.309 e. The molecule has 0 saturated carbocycles. The van der Waals surface area contributed by atoms with Crippen molar-refractivity contribution in [3.05, 3.63) is 78.0 Å². The third-order valence-electron chi connectivity index (χ3n) is 4.01. The molecule has 1 aromatic heterocycles. The number of carbonyl (C=O) groups excluding carboxylic acids is 3. The van der Waals surface area contributed by atoms with Gasteiger partial charge in [0.15, 0.2) is 0 Å². The SMILES string of the molecule is Cc1cc(NC(=O)CNC(=O)C(=O)NCc2ccccc2)n(-c2ccccc2)n1. The van der Waals surface area contributed by atoms with E-state index in [4.69, 9.17) is 0 Å². The first-order chi connectivity index (χ1) is 14.0. The largest absolute Gasteiger partial charge is 0.344 e. The summed E-state index contributed by atoms with van der Waals surface area (Å²) in [5, 5.41) is 11.9. The van der Waals surface area contributed by atoms with Crippen molar-refractivity contribution in [2.75, 3.05) is 11.9 Å². The van der Waals surface area contributed by atoms with Crippen molar-refractivity contribution in [3.63, 3.8) is 0 Å². The predicted molar refractivity (Wildman–Crippen MR) is 108 cm³/mol. The highest BCUT2D eigenvalue weighted by Gasteiger charge is 2.16. The number of rotatable bonds is 6. The Hall–Kier alpha value is -3.94. The van der Waals surface area contributed by atoms with Crippen molar-refractivity contribution in [2.45, 2.75) is 13.5 Å². The highest BCUT2D eigenvalue weighted by atomic mass is 16.2. The Morgan fingerprint density at radius 2 is 1.52 bits per heavy atom. The Balaban J connectivity index is 1.51. The standard InChI is InChI=1S/C21H21N5O3/c1-15-12-18(26(25-15)17-10-6-3-7-11-17)24-19(27)14-23-21(29)20(28)22-13-16-8-4-2-5-9-16/h2-12H,13-14H2,1H3,(H,22,28)(H,23,29)(H,24,27). The molecule has 0 atom stereocenters. The average molecular weight is 391 g/mol. The lowest BCUT2D eigenvalue weighted by molar-refractivity contribution is -0.139. The summed E-state index contributed by atoms with van der Waals surface area (Å²) in [6.07, 6.45) is 0. The normalized spacial score (nSPS) is 10.2. The summed E-state index contributed by atoms with van der Waals surface area (Å²) in [6, 6.07) is 20.3. The molecule has 0 aliphatic carbocycles. The molecule has 8 nitrogen and oxygen atoms in total. The van der Waals surface area contributed by atoms with E-state index in [1.807, 2.05) is 67.6 Å². The molecule has 0 aliphatic rings. The van der Waals surface area contributed by atoms with Gasteiger partial charge in [-0.2, -0.15) is 5.10 Å². The van der Waals surface area contributed by atoms with Gasteiger partial charge >= 0.3 is 11.8 Å². The minimum Gasteiger partial charge on any atom is -0.344 e. The lowest BCUT2D eigenvalue weighted by atomic mass is 10.2. The van der Waals surface area contributed by atoms with E-state index in [-0.39, 0.29) is 13.1 Å². The number of nitrogens with zero attached hydrogens (tertiary/aromatic N) is 2. The zero-order chi connectivity index (χ0) is 20.6. The van der Waals surface area contributed by atoms with E-state index in [0.717, 1.165) is 16.9 Å². The van der Waals surface area contributed by atoms with Gasteiger partial charge < -0.3 is 16.0 Å². The van der Waals surface area contributed by atoms with Gasteiger partial charge in [0, 0.05) is 12.6 Å². The second-order valence-electron chi connectivity index (χ2n) is 6.32. The van der Waals surface area contributed by atoms with E-state index >= 15 is 0 Å². The first-order valence-corrected chi connectivity index (χ1v) is 9.05. The van der Waals surface area contributed by atoms with E-state index in [1.165, 1.54) is 0 Å². The topological polar surface area (TPSA) is 105 Å². The summed E-state index contributed by atoms with van der Waals surface area (Å²) in [4.78, 5) is 36.0. The maximum absolute atomic E-state index is 12.2. The molecule has 0 saturated heterocycles. The lowest BCUT2D eigenvalue weighted by Gasteiger charge is -2.10. The number of anilines is 1. The second-order valence-corrected chi connectivity index (χ2v) is 6.32. The highest BCUT2D eigenvalue weighted by molar-refractivity contribution is 6.35. The van der Waals surface area contributed by atoms with E-state index in [1.54, 1.807) is 10.7 Å². The summed E-state index contributed by atoms with van der Waals surface area (Å²) in [7, 11) is 0. The Labute approximate surface area is 167 Å². The van der Waals surface area contributed by atoms with Gasteiger partial charge in [-0.15, -0.1) is 0 Å². The third kappa shape index (κ3) is 5.52. The van der Waals surface area contributed by atoms with Gasteiger partial charge in [-0.3, -0.25) is 14.4 Å². The number of hydrogen-bond donors (Lipinski definition) is 3. The number of carbonyl (C=O) groups is 3. The first kappa shape index (κ1) is 19.8. The van der Waals surface area contributed by atoms with Crippen LogP contribution in [0.15, 0.2) is 66.7 Å². The molecule has 0 aliphatic heterocycles. The lowest BCUT2D eigenvalue weighted by Crippen LogP contribution is -2.42. The van der Waals surface area contributed by atoms with E-state index in [2.05, 4.69) is 21.0 Å². The molecule has 1 heterocycles. The third-order valence-corrected chi connectivity index (χ3v) is 4.01. The van der Waals surface area contributed by atoms with Gasteiger partial charge in [0.1, 0.15) is 5.82 Å². The van der Waals surface area contributed by atoms with Crippen LogP contribution in [0.4, 0.5) is 5.82 Å². The number of amides is 3. The number of hydrogen-bond acceptors (Lipinski definition) is 4. The number of aryl methyl sites for hydroxylation is 1. The Kier molecular flexibility index (Phi) is 6.36. The predicted octanol–water partition coefficient (Wildman–Crippen LogP) is 1.55. The fourth-order valence-electron chi connectivity index (χ4n) is 2.64. The molecule has 0 fully saturated rings. The molecular formula is C21H21N5O3. The van der Waals surface area contributed by atoms with E-state index in [0.29, 0.717) is 5.82 Å². The summed E-state index contributed by atoms with van der Waals surface area (Å²) in [5.74, 6) is -1.66. The molecule has 3 aromatic rings. The number of nitrogens with one attached hydrogen (secondary N) is 3. The molecule has 29 heavy (non-hydrogen) atoms. The van der Waals surface area contributed by atoms with Crippen LogP contribution in [0.25, 0.3) is 5.69 Å². The van der Waals surface area contributed by atoms with Crippen LogP contribution in [-0.2, 0) is 20.9 Å². The van der Waals surface area contributed by atoms with Gasteiger partial charge in [-0.1, -0.05) is 48.5 Å². The highest BCUT2D eigenvalue weighted by Crippen LogP contribution is 2.16. The van der Waals surface area contributed by atoms with Crippen LogP contribution in [0.2, 0.25) is 0 Å². The van der Waals surface area contributed by atoms with Gasteiger partial charge in [0.2, 0.25) is 5.91 Å². The quantitative estimate of drug-likeness (QED) is 0.555. The van der Waals surface area contributed by atoms with Crippen molar-refractivity contribution < 1.29 is 14.4 Å². The van der Waals surface area contributed by atoms with Crippen LogP contribution < -0.4 is 16.0 Å². The van der Waals surface area contributed by atoms with Gasteiger partial charge in [0.05, 0.1) is 17.9 Å². The number of benzene rings is 2. The molecule has 8 heteroatoms. The molecule has 0 bridgehead atoms. The minimum atomic E-state index is -0.871. The van der Waals surface area contributed by atoms with Gasteiger partial charge in [-0.05, 0) is 24.6 Å². The fraction of sp³-hybridized carbons (Fsp3) is 0.143. The molecule has 3 amide bonds. The molecular weight excluding hydrogens is 370 g/mol. The number of para-hydroxylation sites is 1. The van der Waals surface area contributed by atoms with E-state index < -0.39 is 17.7 Å². The maximum atomic E-state index is 12.2. The molecule has 0 radical (unpaired) electrons. The first-order valence-electron chi connectivity index (χ1n) is 9.05. The van der Waals surface area contributed by atoms with Crippen LogP contribution in [0, 0.1) is 6.92 Å². The molecule has 3 rings (SSSR count). The number of aromatic nitrogens is 2. The summed E-state index contributed by atoms with van der Waals surface area (Å²) in [6.45, 7) is 1.71. The van der Waals surface area contributed by atoms with Crippen molar-refractivity contribution in [3.8, 4) is 5.69 Å². The van der Waals surface area contributed by atoms with Crippen LogP contribution in [-0.4, -0.2) is 34.0 Å². The minimum absolute atomic E-state index is 0.231. The van der Waals surface area contributed by atoms with Crippen molar-refractivity contribution in [1.29, 1.82) is 0 Å². The fourth-order valence-corrected chi connectivity index (χ4v) is 2.64.